The molecule has 0 heterocycles. The van der Waals surface area contributed by atoms with E-state index in [0.717, 1.165) is 16.5 Å². The van der Waals surface area contributed by atoms with Crippen molar-refractivity contribution in [2.45, 2.75) is 25.1 Å². The minimum Gasteiger partial charge on any atom is -0.352 e. The summed E-state index contributed by atoms with van der Waals surface area (Å²) in [6.45, 7) is 4.75. The lowest BCUT2D eigenvalue weighted by atomic mass is 10.1. The van der Waals surface area contributed by atoms with E-state index in [2.05, 4.69) is 44.1 Å². The van der Waals surface area contributed by atoms with E-state index >= 15 is 0 Å². The van der Waals surface area contributed by atoms with Crippen LogP contribution in [0.15, 0.2) is 22.7 Å². The smallest absolute Gasteiger partial charge is 0.252 e. The molecule has 0 saturated heterocycles. The number of hydrogen-bond donors (Lipinski definition) is 1. The summed E-state index contributed by atoms with van der Waals surface area (Å²) in [5.74, 6) is -0.0278. The van der Waals surface area contributed by atoms with E-state index in [9.17, 15) is 4.79 Å². The summed E-state index contributed by atoms with van der Waals surface area (Å²) in [6.07, 6.45) is 0.926. The minimum atomic E-state index is -0.0278. The highest BCUT2D eigenvalue weighted by molar-refractivity contribution is 9.10. The number of halogens is 2. The molecule has 2 nitrogen and oxygen atoms in total. The second-order valence-corrected chi connectivity index (χ2v) is 6.23. The number of benzene rings is 1. The second kappa shape index (κ2) is 6.40. The molecule has 88 valence electrons. The quantitative estimate of drug-likeness (QED) is 0.826. The zero-order valence-corrected chi connectivity index (χ0v) is 12.6. The third-order valence-electron chi connectivity index (χ3n) is 2.20. The van der Waals surface area contributed by atoms with Crippen LogP contribution in [0.1, 0.15) is 29.3 Å². The first-order valence-electron chi connectivity index (χ1n) is 5.19. The van der Waals surface area contributed by atoms with Crippen molar-refractivity contribution >= 4 is 37.8 Å². The van der Waals surface area contributed by atoms with Gasteiger partial charge < -0.3 is 5.32 Å². The third-order valence-corrected chi connectivity index (χ3v) is 3.31. The van der Waals surface area contributed by atoms with Gasteiger partial charge in [0.25, 0.3) is 5.91 Å². The molecule has 0 aromatic heterocycles. The van der Waals surface area contributed by atoms with Gasteiger partial charge in [0.15, 0.2) is 0 Å². The first-order valence-corrected chi connectivity index (χ1v) is 6.90. The van der Waals surface area contributed by atoms with Crippen LogP contribution >= 0.6 is 31.9 Å². The molecule has 4 heteroatoms. The average Bonchev–Trinajstić information content (AvgIpc) is 2.16. The first-order chi connectivity index (χ1) is 7.50. The van der Waals surface area contributed by atoms with Crippen molar-refractivity contribution in [2.24, 2.45) is 0 Å². The van der Waals surface area contributed by atoms with Gasteiger partial charge in [-0.1, -0.05) is 28.9 Å². The molecule has 1 unspecified atom stereocenters. The maximum atomic E-state index is 11.8. The normalized spacial score (nSPS) is 12.2. The van der Waals surface area contributed by atoms with Crippen molar-refractivity contribution in [1.82, 2.24) is 5.32 Å². The highest BCUT2D eigenvalue weighted by Crippen LogP contribution is 2.18. The lowest BCUT2D eigenvalue weighted by Gasteiger charge is -2.08. The number of aryl methyl sites for hydroxylation is 1. The Labute approximate surface area is 113 Å². The van der Waals surface area contributed by atoms with Crippen molar-refractivity contribution < 1.29 is 4.79 Å². The molecule has 16 heavy (non-hydrogen) atoms. The molecule has 1 amide bonds. The molecule has 0 fully saturated rings. The van der Waals surface area contributed by atoms with Crippen LogP contribution in [0, 0.1) is 6.92 Å². The SMILES string of the molecule is Cc1ccc(C(=O)NCCC(C)Br)c(Br)c1. The van der Waals surface area contributed by atoms with Gasteiger partial charge in [0.05, 0.1) is 5.56 Å². The summed E-state index contributed by atoms with van der Waals surface area (Å²) >= 11 is 6.84. The number of rotatable bonds is 4. The number of carbonyl (C=O) groups is 1. The van der Waals surface area contributed by atoms with Crippen molar-refractivity contribution in [1.29, 1.82) is 0 Å². The summed E-state index contributed by atoms with van der Waals surface area (Å²) in [7, 11) is 0. The summed E-state index contributed by atoms with van der Waals surface area (Å²) in [4.78, 5) is 12.2. The van der Waals surface area contributed by atoms with Gasteiger partial charge in [-0.3, -0.25) is 4.79 Å². The molecule has 1 N–H and O–H groups in total. The van der Waals surface area contributed by atoms with E-state index < -0.39 is 0 Å². The van der Waals surface area contributed by atoms with Gasteiger partial charge in [-0.2, -0.15) is 0 Å². The molecular weight excluding hydrogens is 334 g/mol. The molecule has 1 atom stereocenters. The van der Waals surface area contributed by atoms with Crippen LogP contribution in [0.2, 0.25) is 0 Å². The van der Waals surface area contributed by atoms with Crippen LogP contribution < -0.4 is 5.32 Å². The summed E-state index contributed by atoms with van der Waals surface area (Å²) in [6, 6.07) is 5.72. The molecule has 0 aliphatic rings. The Morgan fingerprint density at radius 2 is 2.19 bits per heavy atom. The Balaban J connectivity index is 2.59. The van der Waals surface area contributed by atoms with E-state index in [1.165, 1.54) is 0 Å². The standard InChI is InChI=1S/C12H15Br2NO/c1-8-3-4-10(11(14)7-8)12(16)15-6-5-9(2)13/h3-4,7,9H,5-6H2,1-2H3,(H,15,16). The number of hydrogen-bond acceptors (Lipinski definition) is 1. The van der Waals surface area contributed by atoms with Gasteiger partial charge in [0.2, 0.25) is 0 Å². The third kappa shape index (κ3) is 4.26. The Bertz CT molecular complexity index is 377. The maximum absolute atomic E-state index is 11.8. The first kappa shape index (κ1) is 13.7. The van der Waals surface area contributed by atoms with E-state index in [1.54, 1.807) is 0 Å². The van der Waals surface area contributed by atoms with E-state index in [1.807, 2.05) is 25.1 Å². The second-order valence-electron chi connectivity index (χ2n) is 3.81. The highest BCUT2D eigenvalue weighted by atomic mass is 79.9. The van der Waals surface area contributed by atoms with Gasteiger partial charge in [-0.15, -0.1) is 0 Å². The van der Waals surface area contributed by atoms with Gasteiger partial charge in [-0.25, -0.2) is 0 Å². The molecule has 0 radical (unpaired) electrons. The molecule has 1 rings (SSSR count). The van der Waals surface area contributed by atoms with Crippen LogP contribution in [-0.4, -0.2) is 17.3 Å². The van der Waals surface area contributed by atoms with E-state index in [0.29, 0.717) is 16.9 Å². The van der Waals surface area contributed by atoms with Crippen molar-refractivity contribution in [3.05, 3.63) is 33.8 Å². The predicted molar refractivity (Wildman–Crippen MR) is 74.2 cm³/mol. The number of carbonyl (C=O) groups excluding carboxylic acids is 1. The number of amides is 1. The number of alkyl halides is 1. The minimum absolute atomic E-state index is 0.0278. The largest absolute Gasteiger partial charge is 0.352 e. The molecule has 0 aliphatic heterocycles. The topological polar surface area (TPSA) is 29.1 Å². The summed E-state index contributed by atoms with van der Waals surface area (Å²) < 4.78 is 0.844. The zero-order chi connectivity index (χ0) is 12.1. The van der Waals surface area contributed by atoms with Gasteiger partial charge in [-0.05, 0) is 47.0 Å². The lowest BCUT2D eigenvalue weighted by molar-refractivity contribution is 0.0952. The molecule has 0 spiro atoms. The van der Waals surface area contributed by atoms with Gasteiger partial charge in [0.1, 0.15) is 0 Å². The Morgan fingerprint density at radius 3 is 2.75 bits per heavy atom. The molecule has 0 bridgehead atoms. The highest BCUT2D eigenvalue weighted by Gasteiger charge is 2.09. The predicted octanol–water partition coefficient (Wildman–Crippen LogP) is 3.66. The van der Waals surface area contributed by atoms with Crippen molar-refractivity contribution in [3.63, 3.8) is 0 Å². The Hall–Kier alpha value is -0.350. The van der Waals surface area contributed by atoms with E-state index in [-0.39, 0.29) is 5.91 Å². The fourth-order valence-electron chi connectivity index (χ4n) is 1.28. The summed E-state index contributed by atoms with van der Waals surface area (Å²) in [5.41, 5.74) is 1.82. The summed E-state index contributed by atoms with van der Waals surface area (Å²) in [5, 5.41) is 2.89. The fraction of sp³-hybridized carbons (Fsp3) is 0.417. The molecule has 1 aromatic carbocycles. The monoisotopic (exact) mass is 347 g/mol. The molecular formula is C12H15Br2NO. The molecule has 0 saturated carbocycles. The fourth-order valence-corrected chi connectivity index (χ4v) is 2.19. The molecule has 0 aliphatic carbocycles. The van der Waals surface area contributed by atoms with Crippen molar-refractivity contribution in [3.8, 4) is 0 Å². The van der Waals surface area contributed by atoms with Crippen molar-refractivity contribution in [2.75, 3.05) is 6.54 Å². The maximum Gasteiger partial charge on any atom is 0.252 e. The zero-order valence-electron chi connectivity index (χ0n) is 9.39. The van der Waals surface area contributed by atoms with Crippen LogP contribution in [0.4, 0.5) is 0 Å². The van der Waals surface area contributed by atoms with Crippen LogP contribution in [0.5, 0.6) is 0 Å². The van der Waals surface area contributed by atoms with Crippen LogP contribution in [0.3, 0.4) is 0 Å². The van der Waals surface area contributed by atoms with Crippen LogP contribution in [0.25, 0.3) is 0 Å². The van der Waals surface area contributed by atoms with Gasteiger partial charge in [0, 0.05) is 15.8 Å². The average molecular weight is 349 g/mol. The lowest BCUT2D eigenvalue weighted by Crippen LogP contribution is -2.26. The molecule has 1 aromatic rings. The Morgan fingerprint density at radius 1 is 1.50 bits per heavy atom. The van der Waals surface area contributed by atoms with Crippen LogP contribution in [-0.2, 0) is 0 Å². The Kier molecular flexibility index (Phi) is 5.49. The van der Waals surface area contributed by atoms with E-state index in [4.69, 9.17) is 0 Å². The number of nitrogens with one attached hydrogen (secondary N) is 1. The van der Waals surface area contributed by atoms with Gasteiger partial charge >= 0.3 is 0 Å².